The average molecular weight is 161 g/mol. The van der Waals surface area contributed by atoms with Gasteiger partial charge in [-0.25, -0.2) is 4.98 Å². The van der Waals surface area contributed by atoms with E-state index in [0.717, 1.165) is 12.1 Å². The Hall–Kier alpha value is -1.38. The van der Waals surface area contributed by atoms with E-state index in [2.05, 4.69) is 16.0 Å². The molecule has 0 saturated carbocycles. The third-order valence-electron chi connectivity index (χ3n) is 2.04. The van der Waals surface area contributed by atoms with E-state index in [9.17, 15) is 0 Å². The second-order valence-corrected chi connectivity index (χ2v) is 2.95. The van der Waals surface area contributed by atoms with Crippen LogP contribution in [0.2, 0.25) is 0 Å². The molecule has 0 aliphatic heterocycles. The van der Waals surface area contributed by atoms with Gasteiger partial charge < -0.3 is 5.73 Å². The number of rotatable bonds is 1. The normalized spacial score (nSPS) is 16.2. The maximum absolute atomic E-state index is 5.43. The minimum atomic E-state index is 0.484. The number of nitrogens with two attached hydrogens (primary N) is 1. The van der Waals surface area contributed by atoms with Crippen molar-refractivity contribution in [2.75, 3.05) is 5.73 Å². The Morgan fingerprint density at radius 1 is 1.25 bits per heavy atom. The fraction of sp³-hybridized carbons (Fsp3) is 0.333. The molecule has 1 heterocycles. The first-order valence-corrected chi connectivity index (χ1v) is 4.13. The zero-order valence-corrected chi connectivity index (χ0v) is 6.83. The number of anilines is 1. The lowest BCUT2D eigenvalue weighted by Crippen LogP contribution is -1.94. The van der Waals surface area contributed by atoms with Crippen LogP contribution in [0.4, 0.5) is 5.82 Å². The Morgan fingerprint density at radius 3 is 2.75 bits per heavy atom. The summed E-state index contributed by atoms with van der Waals surface area (Å²) in [6, 6.07) is 0. The lowest BCUT2D eigenvalue weighted by atomic mass is 10.2. The van der Waals surface area contributed by atoms with Crippen LogP contribution < -0.4 is 5.73 Å². The van der Waals surface area contributed by atoms with Crippen LogP contribution in [0.3, 0.4) is 0 Å². The van der Waals surface area contributed by atoms with Crippen molar-refractivity contribution in [3.05, 3.63) is 24.2 Å². The van der Waals surface area contributed by atoms with E-state index < -0.39 is 0 Å². The van der Waals surface area contributed by atoms with Crippen LogP contribution in [0.1, 0.15) is 25.0 Å². The minimum Gasteiger partial charge on any atom is -0.382 e. The van der Waals surface area contributed by atoms with E-state index in [-0.39, 0.29) is 0 Å². The summed E-state index contributed by atoms with van der Waals surface area (Å²) in [4.78, 5) is 8.20. The maximum Gasteiger partial charge on any atom is 0.141 e. The molecule has 3 heteroatoms. The first-order chi connectivity index (χ1) is 5.86. The van der Waals surface area contributed by atoms with Gasteiger partial charge in [0.25, 0.3) is 0 Å². The van der Waals surface area contributed by atoms with Crippen LogP contribution in [-0.4, -0.2) is 9.97 Å². The van der Waals surface area contributed by atoms with E-state index in [1.54, 1.807) is 12.4 Å². The lowest BCUT2D eigenvalue weighted by molar-refractivity contribution is 0.932. The van der Waals surface area contributed by atoms with Gasteiger partial charge in [-0.1, -0.05) is 6.08 Å². The summed E-state index contributed by atoms with van der Waals surface area (Å²) in [6.45, 7) is 0. The number of nitrogen functional groups attached to an aromatic ring is 1. The second kappa shape index (κ2) is 2.93. The van der Waals surface area contributed by atoms with E-state index in [1.165, 1.54) is 18.4 Å². The van der Waals surface area contributed by atoms with E-state index in [1.807, 2.05) is 0 Å². The van der Waals surface area contributed by atoms with Gasteiger partial charge in [0.1, 0.15) is 5.82 Å². The topological polar surface area (TPSA) is 51.8 Å². The maximum atomic E-state index is 5.43. The highest BCUT2D eigenvalue weighted by molar-refractivity contribution is 5.63. The number of hydrogen-bond acceptors (Lipinski definition) is 3. The summed E-state index contributed by atoms with van der Waals surface area (Å²) in [7, 11) is 0. The smallest absolute Gasteiger partial charge is 0.141 e. The molecule has 3 nitrogen and oxygen atoms in total. The van der Waals surface area contributed by atoms with Crippen LogP contribution >= 0.6 is 0 Å². The van der Waals surface area contributed by atoms with Crippen molar-refractivity contribution < 1.29 is 0 Å². The molecule has 2 rings (SSSR count). The molecule has 0 fully saturated rings. The molecule has 2 N–H and O–H groups in total. The van der Waals surface area contributed by atoms with Crippen LogP contribution in [0.5, 0.6) is 0 Å². The predicted octanol–water partition coefficient (Wildman–Crippen LogP) is 1.63. The molecule has 0 saturated heterocycles. The average Bonchev–Trinajstić information content (AvgIpc) is 2.58. The Balaban J connectivity index is 2.28. The number of allylic oxidation sites excluding steroid dienone is 2. The molecule has 0 radical (unpaired) electrons. The number of nitrogens with zero attached hydrogens (tertiary/aromatic N) is 2. The van der Waals surface area contributed by atoms with E-state index in [0.29, 0.717) is 5.82 Å². The van der Waals surface area contributed by atoms with Gasteiger partial charge in [0, 0.05) is 0 Å². The first-order valence-electron chi connectivity index (χ1n) is 4.13. The Morgan fingerprint density at radius 2 is 2.17 bits per heavy atom. The molecule has 0 bridgehead atoms. The van der Waals surface area contributed by atoms with Gasteiger partial charge in [-0.3, -0.25) is 4.98 Å². The van der Waals surface area contributed by atoms with Gasteiger partial charge in [0.2, 0.25) is 0 Å². The highest BCUT2D eigenvalue weighted by Crippen LogP contribution is 2.25. The largest absolute Gasteiger partial charge is 0.382 e. The Labute approximate surface area is 71.3 Å². The molecule has 1 aromatic rings. The standard InChI is InChI=1S/C9H11N3/c10-9-6-11-8(5-12-9)7-3-1-2-4-7/h3,5-6H,1-2,4H2,(H2,10,12). The quantitative estimate of drug-likeness (QED) is 0.681. The van der Waals surface area contributed by atoms with E-state index in [4.69, 9.17) is 5.73 Å². The molecule has 0 unspecified atom stereocenters. The van der Waals surface area contributed by atoms with E-state index >= 15 is 0 Å². The fourth-order valence-corrected chi connectivity index (χ4v) is 1.41. The summed E-state index contributed by atoms with van der Waals surface area (Å²) < 4.78 is 0. The van der Waals surface area contributed by atoms with Gasteiger partial charge in [0.15, 0.2) is 0 Å². The molecule has 1 aliphatic rings. The van der Waals surface area contributed by atoms with Crippen molar-refractivity contribution >= 4 is 11.4 Å². The summed E-state index contributed by atoms with van der Waals surface area (Å²) in [6.07, 6.45) is 9.10. The molecule has 0 spiro atoms. The molecular weight excluding hydrogens is 150 g/mol. The van der Waals surface area contributed by atoms with Crippen LogP contribution in [0.15, 0.2) is 18.5 Å². The molecular formula is C9H11N3. The van der Waals surface area contributed by atoms with Crippen molar-refractivity contribution in [3.8, 4) is 0 Å². The van der Waals surface area contributed by atoms with Gasteiger partial charge in [-0.15, -0.1) is 0 Å². The Bertz CT molecular complexity index is 300. The third kappa shape index (κ3) is 1.30. The Kier molecular flexibility index (Phi) is 1.78. The molecule has 1 aromatic heterocycles. The lowest BCUT2D eigenvalue weighted by Gasteiger charge is -1.99. The van der Waals surface area contributed by atoms with Crippen molar-refractivity contribution in [1.29, 1.82) is 0 Å². The van der Waals surface area contributed by atoms with Crippen molar-refractivity contribution in [2.45, 2.75) is 19.3 Å². The number of hydrogen-bond donors (Lipinski definition) is 1. The summed E-state index contributed by atoms with van der Waals surface area (Å²) >= 11 is 0. The highest BCUT2D eigenvalue weighted by atomic mass is 14.9. The van der Waals surface area contributed by atoms with Crippen molar-refractivity contribution in [1.82, 2.24) is 9.97 Å². The monoisotopic (exact) mass is 161 g/mol. The van der Waals surface area contributed by atoms with Gasteiger partial charge in [0.05, 0.1) is 18.1 Å². The van der Waals surface area contributed by atoms with Gasteiger partial charge in [-0.05, 0) is 24.8 Å². The SMILES string of the molecule is Nc1cnc(C2=CCCC2)cn1. The molecule has 12 heavy (non-hydrogen) atoms. The molecule has 1 aliphatic carbocycles. The van der Waals surface area contributed by atoms with Crippen LogP contribution in [-0.2, 0) is 0 Å². The van der Waals surface area contributed by atoms with Gasteiger partial charge >= 0.3 is 0 Å². The second-order valence-electron chi connectivity index (χ2n) is 2.95. The minimum absolute atomic E-state index is 0.484. The first kappa shape index (κ1) is 7.28. The number of aromatic nitrogens is 2. The molecule has 62 valence electrons. The van der Waals surface area contributed by atoms with Crippen LogP contribution in [0, 0.1) is 0 Å². The van der Waals surface area contributed by atoms with Crippen LogP contribution in [0.25, 0.3) is 5.57 Å². The van der Waals surface area contributed by atoms with Crippen molar-refractivity contribution in [3.63, 3.8) is 0 Å². The summed E-state index contributed by atoms with van der Waals surface area (Å²) in [5.74, 6) is 0.484. The third-order valence-corrected chi connectivity index (χ3v) is 2.04. The fourth-order valence-electron chi connectivity index (χ4n) is 1.41. The predicted molar refractivity (Wildman–Crippen MR) is 48.3 cm³/mol. The molecule has 0 aromatic carbocycles. The molecule has 0 amide bonds. The van der Waals surface area contributed by atoms with Crippen molar-refractivity contribution in [2.24, 2.45) is 0 Å². The zero-order chi connectivity index (χ0) is 8.39. The summed E-state index contributed by atoms with van der Waals surface area (Å²) in [5, 5.41) is 0. The highest BCUT2D eigenvalue weighted by Gasteiger charge is 2.07. The summed E-state index contributed by atoms with van der Waals surface area (Å²) in [5.41, 5.74) is 7.71. The van der Waals surface area contributed by atoms with Gasteiger partial charge in [-0.2, -0.15) is 0 Å². The molecule has 0 atom stereocenters. The zero-order valence-electron chi connectivity index (χ0n) is 6.83.